The van der Waals surface area contributed by atoms with Crippen LogP contribution in [0.1, 0.15) is 26.8 Å². The SMILES string of the molecule is Cc1nc(C(=O)Nc2ccc(F)c(C(N)=O)c2)nn1-c1c(Cl)cccc1Cl. The molecule has 10 heteroatoms. The van der Waals surface area contributed by atoms with Crippen molar-refractivity contribution in [2.24, 2.45) is 5.73 Å². The molecule has 0 aliphatic rings. The second-order valence-electron chi connectivity index (χ2n) is 5.48. The zero-order valence-electron chi connectivity index (χ0n) is 13.8. The van der Waals surface area contributed by atoms with Crippen LogP contribution in [0.4, 0.5) is 10.1 Å². The molecule has 0 aliphatic heterocycles. The van der Waals surface area contributed by atoms with Crippen LogP contribution in [0.5, 0.6) is 0 Å². The Bertz CT molecular complexity index is 1050. The predicted molar refractivity (Wildman–Crippen MR) is 99.0 cm³/mol. The molecule has 1 aromatic heterocycles. The number of carbonyl (C=O) groups is 2. The number of rotatable bonds is 4. The molecule has 0 radical (unpaired) electrons. The van der Waals surface area contributed by atoms with Gasteiger partial charge in [0.1, 0.15) is 17.3 Å². The van der Waals surface area contributed by atoms with Gasteiger partial charge in [-0.05, 0) is 37.3 Å². The lowest BCUT2D eigenvalue weighted by atomic mass is 10.2. The van der Waals surface area contributed by atoms with Crippen LogP contribution < -0.4 is 11.1 Å². The number of carbonyl (C=O) groups excluding carboxylic acids is 2. The third-order valence-corrected chi connectivity index (χ3v) is 4.22. The summed E-state index contributed by atoms with van der Waals surface area (Å²) in [5.74, 6) is -2.18. The number of primary amides is 1. The van der Waals surface area contributed by atoms with Gasteiger partial charge in [-0.15, -0.1) is 5.10 Å². The van der Waals surface area contributed by atoms with Crippen molar-refractivity contribution >= 4 is 40.7 Å². The fraction of sp³-hybridized carbons (Fsp3) is 0.0588. The van der Waals surface area contributed by atoms with Gasteiger partial charge in [-0.1, -0.05) is 29.3 Å². The van der Waals surface area contributed by atoms with Crippen LogP contribution in [0.25, 0.3) is 5.69 Å². The summed E-state index contributed by atoms with van der Waals surface area (Å²) in [6.45, 7) is 1.63. The van der Waals surface area contributed by atoms with E-state index in [1.165, 1.54) is 10.7 Å². The predicted octanol–water partition coefficient (Wildman–Crippen LogP) is 3.37. The summed E-state index contributed by atoms with van der Waals surface area (Å²) in [6, 6.07) is 8.38. The summed E-state index contributed by atoms with van der Waals surface area (Å²) in [7, 11) is 0. The molecule has 0 saturated carbocycles. The normalized spacial score (nSPS) is 10.7. The number of amides is 2. The Hall–Kier alpha value is -2.97. The molecule has 0 bridgehead atoms. The first kappa shape index (κ1) is 18.8. The van der Waals surface area contributed by atoms with Crippen LogP contribution in [0.15, 0.2) is 36.4 Å². The fourth-order valence-electron chi connectivity index (χ4n) is 2.37. The fourth-order valence-corrected chi connectivity index (χ4v) is 2.93. The average Bonchev–Trinajstić information content (AvgIpc) is 2.98. The highest BCUT2D eigenvalue weighted by Crippen LogP contribution is 2.28. The van der Waals surface area contributed by atoms with Crippen LogP contribution in [0.3, 0.4) is 0 Å². The topological polar surface area (TPSA) is 103 Å². The number of aryl methyl sites for hydroxylation is 1. The van der Waals surface area contributed by atoms with Crippen molar-refractivity contribution in [3.8, 4) is 5.69 Å². The van der Waals surface area contributed by atoms with E-state index in [1.807, 2.05) is 0 Å². The standard InChI is InChI=1S/C17H12Cl2FN5O2/c1-8-22-16(24-25(8)14-11(18)3-2-4-12(14)19)17(27)23-9-5-6-13(20)10(7-9)15(21)26/h2-7H,1H3,(H2,21,26)(H,23,27). The smallest absolute Gasteiger partial charge is 0.295 e. The summed E-state index contributed by atoms with van der Waals surface area (Å²) in [6.07, 6.45) is 0. The number of para-hydroxylation sites is 1. The maximum Gasteiger partial charge on any atom is 0.295 e. The van der Waals surface area contributed by atoms with Crippen molar-refractivity contribution in [1.29, 1.82) is 0 Å². The van der Waals surface area contributed by atoms with Gasteiger partial charge in [-0.25, -0.2) is 14.1 Å². The molecule has 3 N–H and O–H groups in total. The number of aromatic nitrogens is 3. The minimum atomic E-state index is -0.949. The van der Waals surface area contributed by atoms with Gasteiger partial charge in [0.25, 0.3) is 11.8 Å². The molecule has 0 saturated heterocycles. The Kier molecular flexibility index (Phi) is 5.11. The largest absolute Gasteiger partial charge is 0.366 e. The van der Waals surface area contributed by atoms with E-state index in [2.05, 4.69) is 15.4 Å². The number of benzene rings is 2. The number of nitrogens with zero attached hydrogens (tertiary/aromatic N) is 3. The summed E-state index contributed by atoms with van der Waals surface area (Å²) in [5.41, 5.74) is 5.31. The summed E-state index contributed by atoms with van der Waals surface area (Å²) in [5, 5.41) is 7.30. The molecule has 7 nitrogen and oxygen atoms in total. The van der Waals surface area contributed by atoms with Crippen LogP contribution in [0.2, 0.25) is 10.0 Å². The van der Waals surface area contributed by atoms with E-state index >= 15 is 0 Å². The minimum absolute atomic E-state index is 0.159. The number of anilines is 1. The van der Waals surface area contributed by atoms with Crippen molar-refractivity contribution in [2.75, 3.05) is 5.32 Å². The monoisotopic (exact) mass is 407 g/mol. The molecule has 1 heterocycles. The highest BCUT2D eigenvalue weighted by molar-refractivity contribution is 6.37. The molecule has 0 spiro atoms. The molecule has 0 fully saturated rings. The van der Waals surface area contributed by atoms with Gasteiger partial charge in [0.15, 0.2) is 0 Å². The van der Waals surface area contributed by atoms with E-state index in [9.17, 15) is 14.0 Å². The Morgan fingerprint density at radius 2 is 1.85 bits per heavy atom. The molecule has 0 aliphatic carbocycles. The molecule has 2 aromatic carbocycles. The van der Waals surface area contributed by atoms with Gasteiger partial charge in [-0.3, -0.25) is 9.59 Å². The highest BCUT2D eigenvalue weighted by Gasteiger charge is 2.19. The molecule has 3 aromatic rings. The summed E-state index contributed by atoms with van der Waals surface area (Å²) in [4.78, 5) is 27.7. The first-order chi connectivity index (χ1) is 12.8. The van der Waals surface area contributed by atoms with Crippen molar-refractivity contribution in [3.05, 3.63) is 69.5 Å². The van der Waals surface area contributed by atoms with E-state index in [0.717, 1.165) is 12.1 Å². The molecule has 2 amide bonds. The third kappa shape index (κ3) is 3.76. The van der Waals surface area contributed by atoms with Gasteiger partial charge in [0.2, 0.25) is 5.82 Å². The molecular weight excluding hydrogens is 396 g/mol. The van der Waals surface area contributed by atoms with Crippen molar-refractivity contribution in [2.45, 2.75) is 6.92 Å². The lowest BCUT2D eigenvalue weighted by molar-refractivity contribution is 0.0991. The number of hydrogen-bond donors (Lipinski definition) is 2. The second-order valence-corrected chi connectivity index (χ2v) is 6.29. The van der Waals surface area contributed by atoms with Gasteiger partial charge in [0, 0.05) is 5.69 Å². The number of halogens is 3. The molecular formula is C17H12Cl2FN5O2. The Balaban J connectivity index is 1.91. The Morgan fingerprint density at radius 3 is 2.48 bits per heavy atom. The lowest BCUT2D eigenvalue weighted by Gasteiger charge is -2.07. The quantitative estimate of drug-likeness (QED) is 0.691. The zero-order valence-corrected chi connectivity index (χ0v) is 15.3. The van der Waals surface area contributed by atoms with E-state index in [-0.39, 0.29) is 17.1 Å². The highest BCUT2D eigenvalue weighted by atomic mass is 35.5. The zero-order chi connectivity index (χ0) is 19.7. The molecule has 0 unspecified atom stereocenters. The van der Waals surface area contributed by atoms with Gasteiger partial charge in [0.05, 0.1) is 15.6 Å². The first-order valence-electron chi connectivity index (χ1n) is 7.56. The van der Waals surface area contributed by atoms with E-state index in [1.54, 1.807) is 25.1 Å². The molecule has 138 valence electrons. The van der Waals surface area contributed by atoms with Gasteiger partial charge >= 0.3 is 0 Å². The molecule has 27 heavy (non-hydrogen) atoms. The molecule has 3 rings (SSSR count). The van der Waals surface area contributed by atoms with Crippen molar-refractivity contribution in [1.82, 2.24) is 14.8 Å². The summed E-state index contributed by atoms with van der Waals surface area (Å²) >= 11 is 12.3. The number of nitrogens with two attached hydrogens (primary N) is 1. The summed E-state index contributed by atoms with van der Waals surface area (Å²) < 4.78 is 14.9. The number of nitrogens with one attached hydrogen (secondary N) is 1. The van der Waals surface area contributed by atoms with Crippen LogP contribution >= 0.6 is 23.2 Å². The minimum Gasteiger partial charge on any atom is -0.366 e. The first-order valence-corrected chi connectivity index (χ1v) is 8.32. The maximum atomic E-state index is 13.5. The van der Waals surface area contributed by atoms with E-state index in [0.29, 0.717) is 21.6 Å². The van der Waals surface area contributed by atoms with Gasteiger partial charge < -0.3 is 11.1 Å². The average molecular weight is 408 g/mol. The second kappa shape index (κ2) is 7.34. The molecule has 0 atom stereocenters. The maximum absolute atomic E-state index is 13.5. The van der Waals surface area contributed by atoms with Crippen molar-refractivity contribution < 1.29 is 14.0 Å². The Labute approximate surface area is 162 Å². The van der Waals surface area contributed by atoms with Crippen LogP contribution in [0, 0.1) is 12.7 Å². The number of hydrogen-bond acceptors (Lipinski definition) is 4. The van der Waals surface area contributed by atoms with Crippen LogP contribution in [-0.4, -0.2) is 26.6 Å². The van der Waals surface area contributed by atoms with Crippen molar-refractivity contribution in [3.63, 3.8) is 0 Å². The lowest BCUT2D eigenvalue weighted by Crippen LogP contribution is -2.17. The van der Waals surface area contributed by atoms with Gasteiger partial charge in [-0.2, -0.15) is 0 Å². The van der Waals surface area contributed by atoms with E-state index in [4.69, 9.17) is 28.9 Å². The third-order valence-electron chi connectivity index (χ3n) is 3.61. The Morgan fingerprint density at radius 1 is 1.19 bits per heavy atom. The van der Waals surface area contributed by atoms with E-state index < -0.39 is 17.6 Å². The van der Waals surface area contributed by atoms with Crippen LogP contribution in [-0.2, 0) is 0 Å².